The lowest BCUT2D eigenvalue weighted by Crippen LogP contribution is -2.20. The van der Waals surface area contributed by atoms with Gasteiger partial charge in [0.05, 0.1) is 0 Å². The molecule has 3 N–H and O–H groups in total. The van der Waals surface area contributed by atoms with Crippen molar-refractivity contribution < 1.29 is 18.8 Å². The van der Waals surface area contributed by atoms with Gasteiger partial charge >= 0.3 is 16.2 Å². The summed E-state index contributed by atoms with van der Waals surface area (Å²) in [6, 6.07) is 4.89. The van der Waals surface area contributed by atoms with Crippen molar-refractivity contribution in [2.75, 3.05) is 13.1 Å². The van der Waals surface area contributed by atoms with Crippen LogP contribution in [-0.4, -0.2) is 27.6 Å². The van der Waals surface area contributed by atoms with Gasteiger partial charge in [-0.3, -0.25) is 0 Å². The third-order valence-corrected chi connectivity index (χ3v) is 4.40. The number of amides is 1. The zero-order chi connectivity index (χ0) is 14.8. The lowest BCUT2D eigenvalue weighted by Gasteiger charge is -2.15. The number of nitrogens with one attached hydrogen (secondary N) is 1. The molecule has 1 saturated heterocycles. The first-order valence-electron chi connectivity index (χ1n) is 6.41. The van der Waals surface area contributed by atoms with Crippen LogP contribution in [-0.2, 0) is 14.3 Å². The van der Waals surface area contributed by atoms with E-state index < -0.39 is 16.2 Å². The van der Waals surface area contributed by atoms with Crippen LogP contribution < -0.4 is 11.0 Å². The van der Waals surface area contributed by atoms with E-state index in [1.54, 1.807) is 12.1 Å². The molecule has 2 rings (SSSR count). The Morgan fingerprint density at radius 1 is 1.58 bits per heavy atom. The Balaban J connectivity index is 2.42. The van der Waals surface area contributed by atoms with Crippen LogP contribution in [0.5, 0.6) is 0 Å². The number of benzene rings is 1. The maximum atomic E-state index is 12.1. The molecule has 0 saturated carbocycles. The smallest absolute Gasteiger partial charge is 0.334 e. The predicted octanol–water partition coefficient (Wildman–Crippen LogP) is 0.856. The molecule has 0 spiro atoms. The molecular formula is C12H16N2O4S. The standard InChI is InChI=1S/C12H16N2O4S/c1-8-2-3-11(19(16,17)18-12(13)15)10(6-8)9-4-5-14-7-9/h2-3,6,9,14H,4-5,7H2,1H3,(H2,13,15)/i/hD. The van der Waals surface area contributed by atoms with Crippen molar-refractivity contribution in [2.24, 2.45) is 5.73 Å². The molecule has 1 aromatic carbocycles. The maximum absolute atomic E-state index is 12.1. The van der Waals surface area contributed by atoms with Gasteiger partial charge in [-0.25, -0.2) is 4.79 Å². The quantitative estimate of drug-likeness (QED) is 0.802. The third kappa shape index (κ3) is 3.05. The van der Waals surface area contributed by atoms with E-state index in [0.717, 1.165) is 18.5 Å². The first kappa shape index (κ1) is 12.4. The molecule has 0 aromatic heterocycles. The Labute approximate surface area is 113 Å². The summed E-state index contributed by atoms with van der Waals surface area (Å²) < 4.78 is 35.1. The Morgan fingerprint density at radius 2 is 2.37 bits per heavy atom. The normalized spacial score (nSPS) is 19.8. The van der Waals surface area contributed by atoms with E-state index >= 15 is 0 Å². The molecule has 1 amide bonds. The molecule has 7 heteroatoms. The Kier molecular flexibility index (Phi) is 3.39. The van der Waals surface area contributed by atoms with Crippen LogP contribution in [0.2, 0.25) is 1.41 Å². The van der Waals surface area contributed by atoms with Crippen LogP contribution in [0.4, 0.5) is 4.79 Å². The zero-order valence-corrected chi connectivity index (χ0v) is 11.3. The largest absolute Gasteiger partial charge is 0.420 e. The van der Waals surface area contributed by atoms with Crippen LogP contribution in [0, 0.1) is 6.92 Å². The lowest BCUT2D eigenvalue weighted by molar-refractivity contribution is 0.212. The highest BCUT2D eigenvalue weighted by Gasteiger charge is 2.28. The summed E-state index contributed by atoms with van der Waals surface area (Å²) in [6.45, 7) is 3.39. The average molecular weight is 285 g/mol. The highest BCUT2D eigenvalue weighted by atomic mass is 32.2. The van der Waals surface area contributed by atoms with Crippen LogP contribution in [0.25, 0.3) is 0 Å². The summed E-state index contributed by atoms with van der Waals surface area (Å²) in [5, 5.41) is 3.18. The molecule has 1 heterocycles. The van der Waals surface area contributed by atoms with Crippen LogP contribution in [0.3, 0.4) is 0 Å². The van der Waals surface area contributed by atoms with Crippen molar-refractivity contribution >= 4 is 16.2 Å². The Hall–Kier alpha value is -1.60. The number of hydrogen-bond acceptors (Lipinski definition) is 5. The summed E-state index contributed by atoms with van der Waals surface area (Å²) >= 11 is 0. The van der Waals surface area contributed by atoms with Crippen molar-refractivity contribution in [3.05, 3.63) is 29.3 Å². The van der Waals surface area contributed by atoms with Gasteiger partial charge in [-0.15, -0.1) is 0 Å². The van der Waals surface area contributed by atoms with Crippen molar-refractivity contribution in [1.29, 1.82) is 0 Å². The SMILES string of the molecule is [2H]NC(=O)OS(=O)(=O)c1ccc(C)cc1C1CCNC1. The summed E-state index contributed by atoms with van der Waals surface area (Å²) in [5.41, 5.74) is 2.98. The predicted molar refractivity (Wildman–Crippen MR) is 69.3 cm³/mol. The van der Waals surface area contributed by atoms with Gasteiger partial charge in [0.25, 0.3) is 0 Å². The van der Waals surface area contributed by atoms with Gasteiger partial charge < -0.3 is 15.2 Å². The van der Waals surface area contributed by atoms with Crippen molar-refractivity contribution in [3.8, 4) is 0 Å². The number of carbonyl (C=O) groups is 1. The number of carbonyl (C=O) groups excluding carboxylic acids is 1. The van der Waals surface area contributed by atoms with Crippen molar-refractivity contribution in [1.82, 2.24) is 5.32 Å². The monoisotopic (exact) mass is 285 g/mol. The Bertz CT molecular complexity index is 612. The molecule has 1 aliphatic rings. The van der Waals surface area contributed by atoms with Gasteiger partial charge in [0.2, 0.25) is 0 Å². The maximum Gasteiger partial charge on any atom is 0.420 e. The van der Waals surface area contributed by atoms with E-state index in [4.69, 9.17) is 1.41 Å². The first-order chi connectivity index (χ1) is 9.44. The average Bonchev–Trinajstić information content (AvgIpc) is 2.91. The molecule has 1 atom stereocenters. The molecule has 1 fully saturated rings. The summed E-state index contributed by atoms with van der Waals surface area (Å²) in [6.07, 6.45) is -0.488. The number of primary amides is 1. The molecule has 19 heavy (non-hydrogen) atoms. The van der Waals surface area contributed by atoms with Gasteiger partial charge in [0.1, 0.15) is 4.90 Å². The van der Waals surface area contributed by atoms with E-state index in [2.05, 4.69) is 9.50 Å². The van der Waals surface area contributed by atoms with Gasteiger partial charge in [-0.1, -0.05) is 17.7 Å². The van der Waals surface area contributed by atoms with Gasteiger partial charge in [-0.05, 0) is 37.4 Å². The molecule has 1 unspecified atom stereocenters. The van der Waals surface area contributed by atoms with E-state index in [1.807, 2.05) is 6.92 Å². The van der Waals surface area contributed by atoms with Gasteiger partial charge in [-0.2, -0.15) is 8.42 Å². The minimum atomic E-state index is -4.22. The zero-order valence-electron chi connectivity index (χ0n) is 11.5. The van der Waals surface area contributed by atoms with E-state index in [1.165, 1.54) is 11.8 Å². The topological polar surface area (TPSA) is 98.5 Å². The molecule has 0 aliphatic carbocycles. The number of rotatable bonds is 3. The molecule has 104 valence electrons. The van der Waals surface area contributed by atoms with Gasteiger partial charge in [0.15, 0.2) is 1.41 Å². The molecule has 6 nitrogen and oxygen atoms in total. The molecule has 1 aliphatic heterocycles. The van der Waals surface area contributed by atoms with Crippen molar-refractivity contribution in [2.45, 2.75) is 24.2 Å². The van der Waals surface area contributed by atoms with Crippen molar-refractivity contribution in [3.63, 3.8) is 0 Å². The fraction of sp³-hybridized carbons (Fsp3) is 0.417. The van der Waals surface area contributed by atoms with Crippen LogP contribution in [0.1, 0.15) is 23.5 Å². The van der Waals surface area contributed by atoms with E-state index in [9.17, 15) is 13.2 Å². The second-order valence-electron chi connectivity index (χ2n) is 4.56. The van der Waals surface area contributed by atoms with E-state index in [0.29, 0.717) is 12.1 Å². The highest BCUT2D eigenvalue weighted by molar-refractivity contribution is 7.87. The number of aryl methyl sites for hydroxylation is 1. The minimum absolute atomic E-state index is 0.0135. The first-order valence-corrected chi connectivity index (χ1v) is 7.32. The minimum Gasteiger partial charge on any atom is -0.334 e. The Morgan fingerprint density at radius 3 is 3.00 bits per heavy atom. The molecule has 1 aromatic rings. The lowest BCUT2D eigenvalue weighted by atomic mass is 9.97. The number of nitrogens with two attached hydrogens (primary N) is 1. The highest BCUT2D eigenvalue weighted by Crippen LogP contribution is 2.30. The summed E-state index contributed by atoms with van der Waals surface area (Å²) in [7, 11) is -4.22. The molecular weight excluding hydrogens is 268 g/mol. The van der Waals surface area contributed by atoms with Crippen LogP contribution in [0.15, 0.2) is 23.1 Å². The second-order valence-corrected chi connectivity index (χ2v) is 6.07. The molecule has 0 bridgehead atoms. The second kappa shape index (κ2) is 5.18. The van der Waals surface area contributed by atoms with E-state index in [-0.39, 0.29) is 10.8 Å². The molecule has 0 radical (unpaired) electrons. The summed E-state index contributed by atoms with van der Waals surface area (Å²) in [4.78, 5) is 11.0. The number of hydrogen-bond donors (Lipinski definition) is 2. The summed E-state index contributed by atoms with van der Waals surface area (Å²) in [5.74, 6) is 0.0716. The third-order valence-electron chi connectivity index (χ3n) is 3.12. The fourth-order valence-corrected chi connectivity index (χ4v) is 3.32. The van der Waals surface area contributed by atoms with Crippen LogP contribution >= 0.6 is 0 Å². The fourth-order valence-electron chi connectivity index (χ4n) is 2.28. The van der Waals surface area contributed by atoms with Gasteiger partial charge in [0, 0.05) is 6.54 Å².